The van der Waals surface area contributed by atoms with E-state index in [1.54, 1.807) is 35.0 Å². The Morgan fingerprint density at radius 3 is 2.64 bits per heavy atom. The van der Waals surface area contributed by atoms with Crippen LogP contribution in [0, 0.1) is 13.8 Å². The summed E-state index contributed by atoms with van der Waals surface area (Å²) in [5.41, 5.74) is 2.71. The largest absolute Gasteiger partial charge is 0.434 e. The Morgan fingerprint density at radius 2 is 2.00 bits per heavy atom. The predicted octanol–water partition coefficient (Wildman–Crippen LogP) is 4.14. The van der Waals surface area contributed by atoms with E-state index in [9.17, 15) is 13.6 Å². The summed E-state index contributed by atoms with van der Waals surface area (Å²) in [7, 11) is 0. The molecule has 0 atom stereocenters. The Labute approximate surface area is 160 Å². The number of aromatic nitrogens is 3. The second-order valence-corrected chi connectivity index (χ2v) is 5.98. The van der Waals surface area contributed by atoms with Crippen LogP contribution in [0.2, 0.25) is 0 Å². The fraction of sp³-hybridized carbons (Fsp3) is 0.150. The molecule has 0 saturated heterocycles. The zero-order valence-electron chi connectivity index (χ0n) is 15.3. The number of carbonyl (C=O) groups excluding carboxylic acids is 1. The van der Waals surface area contributed by atoms with E-state index in [-0.39, 0.29) is 5.75 Å². The molecule has 1 N–H and O–H groups in total. The molecule has 0 aliphatic heterocycles. The van der Waals surface area contributed by atoms with Gasteiger partial charge in [-0.05, 0) is 44.2 Å². The van der Waals surface area contributed by atoms with Gasteiger partial charge in [-0.3, -0.25) is 4.79 Å². The summed E-state index contributed by atoms with van der Waals surface area (Å²) in [6.45, 7) is 0.891. The van der Waals surface area contributed by atoms with Crippen molar-refractivity contribution in [2.24, 2.45) is 0 Å². The van der Waals surface area contributed by atoms with Crippen LogP contribution in [0.15, 0.2) is 54.7 Å². The molecule has 0 aliphatic rings. The molecule has 0 radical (unpaired) electrons. The highest BCUT2D eigenvalue weighted by molar-refractivity contribution is 6.02. The molecule has 144 valence electrons. The number of amides is 1. The zero-order valence-corrected chi connectivity index (χ0v) is 15.3. The van der Waals surface area contributed by atoms with Crippen LogP contribution in [-0.4, -0.2) is 27.3 Å². The van der Waals surface area contributed by atoms with Gasteiger partial charge in [-0.15, -0.1) is 0 Å². The minimum Gasteiger partial charge on any atom is -0.434 e. The van der Waals surface area contributed by atoms with Crippen molar-refractivity contribution in [2.45, 2.75) is 20.5 Å². The molecule has 0 aliphatic carbocycles. The molecule has 8 heteroatoms. The van der Waals surface area contributed by atoms with Gasteiger partial charge in [0.25, 0.3) is 0 Å². The quantitative estimate of drug-likeness (QED) is 0.649. The molecular weight excluding hydrogens is 366 g/mol. The number of aryl methyl sites for hydroxylation is 2. The van der Waals surface area contributed by atoms with E-state index < -0.39 is 12.5 Å². The normalized spacial score (nSPS) is 11.2. The summed E-state index contributed by atoms with van der Waals surface area (Å²) in [6, 6.07) is 11.6. The van der Waals surface area contributed by atoms with Crippen molar-refractivity contribution in [3.63, 3.8) is 0 Å². The second-order valence-electron chi connectivity index (χ2n) is 5.98. The maximum absolute atomic E-state index is 12.4. The number of hydrogen-bond acceptors (Lipinski definition) is 4. The molecule has 28 heavy (non-hydrogen) atoms. The first kappa shape index (κ1) is 19.2. The van der Waals surface area contributed by atoms with Gasteiger partial charge in [0, 0.05) is 17.3 Å². The summed E-state index contributed by atoms with van der Waals surface area (Å²) in [5, 5.41) is 7.02. The van der Waals surface area contributed by atoms with E-state index in [0.29, 0.717) is 17.1 Å². The summed E-state index contributed by atoms with van der Waals surface area (Å²) in [5.74, 6) is 0.210. The lowest BCUT2D eigenvalue weighted by atomic mass is 10.2. The molecule has 0 bridgehead atoms. The molecule has 3 rings (SSSR count). The lowest BCUT2D eigenvalue weighted by Gasteiger charge is -2.07. The first-order valence-electron chi connectivity index (χ1n) is 8.45. The number of benzene rings is 1. The molecule has 1 aromatic carbocycles. The average molecular weight is 384 g/mol. The minimum absolute atomic E-state index is 0.00236. The number of rotatable bonds is 6. The highest BCUT2D eigenvalue weighted by atomic mass is 19.3. The van der Waals surface area contributed by atoms with Gasteiger partial charge in [-0.2, -0.15) is 13.9 Å². The minimum atomic E-state index is -2.94. The topological polar surface area (TPSA) is 69.0 Å². The van der Waals surface area contributed by atoms with Crippen molar-refractivity contribution < 1.29 is 18.3 Å². The third kappa shape index (κ3) is 4.79. The molecule has 1 amide bonds. The van der Waals surface area contributed by atoms with Gasteiger partial charge in [0.15, 0.2) is 5.82 Å². The highest BCUT2D eigenvalue weighted by Crippen LogP contribution is 2.21. The van der Waals surface area contributed by atoms with Gasteiger partial charge in [0.1, 0.15) is 5.75 Å². The summed E-state index contributed by atoms with van der Waals surface area (Å²) in [4.78, 5) is 16.4. The number of nitrogens with one attached hydrogen (secondary N) is 1. The van der Waals surface area contributed by atoms with E-state index in [4.69, 9.17) is 0 Å². The second kappa shape index (κ2) is 8.43. The number of para-hydroxylation sites is 1. The lowest BCUT2D eigenvalue weighted by molar-refractivity contribution is -0.111. The summed E-state index contributed by atoms with van der Waals surface area (Å²) >= 11 is 0. The van der Waals surface area contributed by atoms with Crippen LogP contribution in [-0.2, 0) is 4.79 Å². The van der Waals surface area contributed by atoms with Gasteiger partial charge >= 0.3 is 6.61 Å². The monoisotopic (exact) mass is 384 g/mol. The summed E-state index contributed by atoms with van der Waals surface area (Å²) < 4.78 is 31.0. The number of pyridine rings is 1. The third-order valence-corrected chi connectivity index (χ3v) is 3.79. The molecular formula is C20H18F2N4O2. The third-order valence-electron chi connectivity index (χ3n) is 3.79. The van der Waals surface area contributed by atoms with Crippen molar-refractivity contribution in [3.8, 4) is 11.6 Å². The molecule has 2 heterocycles. The number of ether oxygens (including phenoxy) is 1. The molecule has 6 nitrogen and oxygen atoms in total. The maximum atomic E-state index is 12.4. The maximum Gasteiger partial charge on any atom is 0.387 e. The fourth-order valence-electron chi connectivity index (χ4n) is 2.62. The first-order valence-corrected chi connectivity index (χ1v) is 8.45. The van der Waals surface area contributed by atoms with Crippen LogP contribution in [0.4, 0.5) is 14.5 Å². The van der Waals surface area contributed by atoms with Crippen molar-refractivity contribution in [1.82, 2.24) is 14.8 Å². The molecule has 0 unspecified atom stereocenters. The first-order chi connectivity index (χ1) is 13.4. The Morgan fingerprint density at radius 1 is 1.21 bits per heavy atom. The Hall–Kier alpha value is -3.55. The van der Waals surface area contributed by atoms with Crippen molar-refractivity contribution >= 4 is 17.7 Å². The Balaban J connectivity index is 1.67. The van der Waals surface area contributed by atoms with Crippen LogP contribution < -0.4 is 10.1 Å². The molecule has 0 saturated carbocycles. The van der Waals surface area contributed by atoms with Crippen LogP contribution in [0.1, 0.15) is 17.0 Å². The lowest BCUT2D eigenvalue weighted by Crippen LogP contribution is -2.09. The van der Waals surface area contributed by atoms with Gasteiger partial charge < -0.3 is 10.1 Å². The average Bonchev–Trinajstić information content (AvgIpc) is 2.99. The molecule has 0 spiro atoms. The number of halogens is 2. The van der Waals surface area contributed by atoms with Crippen LogP contribution >= 0.6 is 0 Å². The predicted molar refractivity (Wildman–Crippen MR) is 102 cm³/mol. The number of carbonyl (C=O) groups is 1. The van der Waals surface area contributed by atoms with Crippen molar-refractivity contribution in [3.05, 3.63) is 71.7 Å². The SMILES string of the molecule is Cc1cc(C)n(-c2ccc(NC(=O)/C=C/c3ccccc3OC(F)F)cn2)n1. The Kier molecular flexibility index (Phi) is 5.78. The van der Waals surface area contributed by atoms with Gasteiger partial charge in [0.2, 0.25) is 5.91 Å². The zero-order chi connectivity index (χ0) is 20.1. The summed E-state index contributed by atoms with van der Waals surface area (Å²) in [6.07, 6.45) is 4.17. The van der Waals surface area contributed by atoms with Gasteiger partial charge in [-0.25, -0.2) is 9.67 Å². The standard InChI is InChI=1S/C20H18F2N4O2/c1-13-11-14(2)26(25-13)18-9-8-16(12-23-18)24-19(27)10-7-15-5-3-4-6-17(15)28-20(21)22/h3-12,20H,1-2H3,(H,24,27)/b10-7+. The van der Waals surface area contributed by atoms with E-state index in [0.717, 1.165) is 11.4 Å². The van der Waals surface area contributed by atoms with Crippen LogP contribution in [0.5, 0.6) is 5.75 Å². The van der Waals surface area contributed by atoms with E-state index >= 15 is 0 Å². The highest BCUT2D eigenvalue weighted by Gasteiger charge is 2.08. The molecule has 3 aromatic rings. The van der Waals surface area contributed by atoms with Crippen molar-refractivity contribution in [1.29, 1.82) is 0 Å². The van der Waals surface area contributed by atoms with Crippen molar-refractivity contribution in [2.75, 3.05) is 5.32 Å². The van der Waals surface area contributed by atoms with Crippen LogP contribution in [0.25, 0.3) is 11.9 Å². The van der Waals surface area contributed by atoms with Gasteiger partial charge in [0.05, 0.1) is 17.6 Å². The van der Waals surface area contributed by atoms with Crippen LogP contribution in [0.3, 0.4) is 0 Å². The van der Waals surface area contributed by atoms with E-state index in [2.05, 4.69) is 20.1 Å². The number of alkyl halides is 2. The smallest absolute Gasteiger partial charge is 0.387 e. The van der Waals surface area contributed by atoms with E-state index in [1.165, 1.54) is 24.4 Å². The Bertz CT molecular complexity index is 998. The molecule has 0 fully saturated rings. The molecule has 2 aromatic heterocycles. The number of nitrogens with zero attached hydrogens (tertiary/aromatic N) is 3. The van der Waals surface area contributed by atoms with E-state index in [1.807, 2.05) is 19.9 Å². The van der Waals surface area contributed by atoms with Gasteiger partial charge in [-0.1, -0.05) is 18.2 Å². The fourth-order valence-corrected chi connectivity index (χ4v) is 2.62. The number of hydrogen-bond donors (Lipinski definition) is 1. The number of anilines is 1.